The number of halogens is 1. The van der Waals surface area contributed by atoms with Crippen LogP contribution in [0.1, 0.15) is 0 Å². The lowest BCUT2D eigenvalue weighted by Gasteiger charge is -2.19. The Bertz CT molecular complexity index is 661. The molecular weight excluding hydrogens is 291 g/mol. The van der Waals surface area contributed by atoms with E-state index in [1.165, 1.54) is 12.1 Å². The Morgan fingerprint density at radius 2 is 1.52 bits per heavy atom. The third-order valence-electron chi connectivity index (χ3n) is 2.90. The molecule has 1 aliphatic rings. The van der Waals surface area contributed by atoms with Gasteiger partial charge in [0.25, 0.3) is 0 Å². The first-order chi connectivity index (χ1) is 10.2. The van der Waals surface area contributed by atoms with Crippen molar-refractivity contribution in [2.45, 2.75) is 0 Å². The maximum absolute atomic E-state index is 12.8. The second kappa shape index (κ2) is 5.97. The summed E-state index contributed by atoms with van der Waals surface area (Å²) in [6.45, 7) is 1.10. The van der Waals surface area contributed by atoms with Crippen LogP contribution in [0.2, 0.25) is 0 Å². The van der Waals surface area contributed by atoms with E-state index in [0.717, 1.165) is 11.4 Å². The van der Waals surface area contributed by atoms with E-state index in [1.807, 2.05) is 18.2 Å². The Morgan fingerprint density at radius 3 is 2.29 bits per heavy atom. The molecule has 0 bridgehead atoms. The van der Waals surface area contributed by atoms with E-state index in [9.17, 15) is 4.39 Å². The SMILES string of the molecule is Fc1ccc(NC(=S)Nc2ccc3c(c2)OCCO3)cc1. The molecular formula is C15H13FN2O2S. The van der Waals surface area contributed by atoms with Gasteiger partial charge in [0.05, 0.1) is 0 Å². The van der Waals surface area contributed by atoms with Crippen LogP contribution < -0.4 is 20.1 Å². The molecule has 1 aliphatic heterocycles. The minimum Gasteiger partial charge on any atom is -0.486 e. The highest BCUT2D eigenvalue weighted by Crippen LogP contribution is 2.32. The zero-order valence-electron chi connectivity index (χ0n) is 11.1. The first kappa shape index (κ1) is 13.6. The average Bonchev–Trinajstić information content (AvgIpc) is 2.49. The van der Waals surface area contributed by atoms with E-state index < -0.39 is 0 Å². The number of benzene rings is 2. The highest BCUT2D eigenvalue weighted by Gasteiger charge is 2.12. The van der Waals surface area contributed by atoms with E-state index in [1.54, 1.807) is 12.1 Å². The lowest BCUT2D eigenvalue weighted by atomic mass is 10.2. The fourth-order valence-corrected chi connectivity index (χ4v) is 2.18. The van der Waals surface area contributed by atoms with Crippen molar-refractivity contribution in [1.29, 1.82) is 0 Å². The molecule has 1 heterocycles. The number of ether oxygens (including phenoxy) is 2. The number of rotatable bonds is 2. The minimum atomic E-state index is -0.286. The topological polar surface area (TPSA) is 42.5 Å². The quantitative estimate of drug-likeness (QED) is 0.832. The fourth-order valence-electron chi connectivity index (χ4n) is 1.95. The summed E-state index contributed by atoms with van der Waals surface area (Å²) in [6.07, 6.45) is 0. The number of hydrogen-bond donors (Lipinski definition) is 2. The average molecular weight is 304 g/mol. The number of nitrogens with one attached hydrogen (secondary N) is 2. The van der Waals surface area contributed by atoms with E-state index in [4.69, 9.17) is 21.7 Å². The predicted molar refractivity (Wildman–Crippen MR) is 83.7 cm³/mol. The van der Waals surface area contributed by atoms with Gasteiger partial charge in [0.15, 0.2) is 16.6 Å². The Balaban J connectivity index is 1.65. The lowest BCUT2D eigenvalue weighted by Crippen LogP contribution is -2.20. The number of thiocarbonyl (C=S) groups is 1. The fraction of sp³-hybridized carbons (Fsp3) is 0.133. The Morgan fingerprint density at radius 1 is 0.905 bits per heavy atom. The second-order valence-electron chi connectivity index (χ2n) is 4.44. The van der Waals surface area contributed by atoms with Gasteiger partial charge in [-0.1, -0.05) is 0 Å². The van der Waals surface area contributed by atoms with Crippen LogP contribution in [0.3, 0.4) is 0 Å². The summed E-state index contributed by atoms with van der Waals surface area (Å²) >= 11 is 5.22. The van der Waals surface area contributed by atoms with E-state index >= 15 is 0 Å². The maximum Gasteiger partial charge on any atom is 0.175 e. The smallest absolute Gasteiger partial charge is 0.175 e. The van der Waals surface area contributed by atoms with Gasteiger partial charge >= 0.3 is 0 Å². The van der Waals surface area contributed by atoms with Gasteiger partial charge in [0.1, 0.15) is 19.0 Å². The Kier molecular flexibility index (Phi) is 3.87. The molecule has 0 atom stereocenters. The van der Waals surface area contributed by atoms with E-state index in [-0.39, 0.29) is 5.82 Å². The van der Waals surface area contributed by atoms with Gasteiger partial charge in [-0.2, -0.15) is 0 Å². The summed E-state index contributed by atoms with van der Waals surface area (Å²) in [7, 11) is 0. The van der Waals surface area contributed by atoms with Crippen molar-refractivity contribution >= 4 is 28.7 Å². The van der Waals surface area contributed by atoms with Crippen molar-refractivity contribution in [3.05, 3.63) is 48.3 Å². The molecule has 0 radical (unpaired) electrons. The predicted octanol–water partition coefficient (Wildman–Crippen LogP) is 3.41. The van der Waals surface area contributed by atoms with E-state index in [2.05, 4.69) is 10.6 Å². The summed E-state index contributed by atoms with van der Waals surface area (Å²) in [5.74, 6) is 1.13. The van der Waals surface area contributed by atoms with Gasteiger partial charge in [0, 0.05) is 17.4 Å². The summed E-state index contributed by atoms with van der Waals surface area (Å²) in [5.41, 5.74) is 1.50. The second-order valence-corrected chi connectivity index (χ2v) is 4.85. The molecule has 0 aromatic heterocycles. The summed E-state index contributed by atoms with van der Waals surface area (Å²) in [6, 6.07) is 11.5. The number of fused-ring (bicyclic) bond motifs is 1. The zero-order valence-corrected chi connectivity index (χ0v) is 11.9. The van der Waals surface area contributed by atoms with Crippen molar-refractivity contribution < 1.29 is 13.9 Å². The van der Waals surface area contributed by atoms with Crippen LogP contribution in [0.5, 0.6) is 11.5 Å². The van der Waals surface area contributed by atoms with Crippen LogP contribution in [0.4, 0.5) is 15.8 Å². The van der Waals surface area contributed by atoms with Crippen LogP contribution in [0, 0.1) is 5.82 Å². The molecule has 0 amide bonds. The maximum atomic E-state index is 12.8. The van der Waals surface area contributed by atoms with Gasteiger partial charge < -0.3 is 20.1 Å². The molecule has 0 spiro atoms. The van der Waals surface area contributed by atoms with Gasteiger partial charge in [0.2, 0.25) is 0 Å². The van der Waals surface area contributed by atoms with Gasteiger partial charge in [-0.15, -0.1) is 0 Å². The van der Waals surface area contributed by atoms with E-state index in [0.29, 0.717) is 29.8 Å². The molecule has 3 rings (SSSR count). The zero-order chi connectivity index (χ0) is 14.7. The lowest BCUT2D eigenvalue weighted by molar-refractivity contribution is 0.171. The molecule has 0 saturated heterocycles. The normalized spacial score (nSPS) is 12.6. The van der Waals surface area contributed by atoms with Crippen molar-refractivity contribution in [2.24, 2.45) is 0 Å². The molecule has 4 nitrogen and oxygen atoms in total. The monoisotopic (exact) mass is 304 g/mol. The molecule has 0 fully saturated rings. The molecule has 0 unspecified atom stereocenters. The Labute approximate surface area is 126 Å². The van der Waals surface area contributed by atoms with Crippen LogP contribution in [-0.4, -0.2) is 18.3 Å². The molecule has 0 aliphatic carbocycles. The molecule has 21 heavy (non-hydrogen) atoms. The number of anilines is 2. The molecule has 2 aromatic carbocycles. The Hall–Kier alpha value is -2.34. The van der Waals surface area contributed by atoms with Crippen LogP contribution >= 0.6 is 12.2 Å². The number of hydrogen-bond acceptors (Lipinski definition) is 3. The third kappa shape index (κ3) is 3.41. The van der Waals surface area contributed by atoms with Gasteiger partial charge in [-0.05, 0) is 48.6 Å². The van der Waals surface area contributed by atoms with Crippen molar-refractivity contribution in [3.8, 4) is 11.5 Å². The van der Waals surface area contributed by atoms with Crippen molar-refractivity contribution in [2.75, 3.05) is 23.8 Å². The van der Waals surface area contributed by atoms with Gasteiger partial charge in [-0.25, -0.2) is 4.39 Å². The highest BCUT2D eigenvalue weighted by molar-refractivity contribution is 7.80. The largest absolute Gasteiger partial charge is 0.486 e. The third-order valence-corrected chi connectivity index (χ3v) is 3.11. The summed E-state index contributed by atoms with van der Waals surface area (Å²) in [4.78, 5) is 0. The minimum absolute atomic E-state index is 0.286. The van der Waals surface area contributed by atoms with Crippen molar-refractivity contribution in [1.82, 2.24) is 0 Å². The summed E-state index contributed by atoms with van der Waals surface area (Å²) < 4.78 is 23.8. The molecule has 2 aromatic rings. The molecule has 2 N–H and O–H groups in total. The van der Waals surface area contributed by atoms with Crippen LogP contribution in [-0.2, 0) is 0 Å². The van der Waals surface area contributed by atoms with Crippen molar-refractivity contribution in [3.63, 3.8) is 0 Å². The summed E-state index contributed by atoms with van der Waals surface area (Å²) in [5, 5.41) is 6.44. The van der Waals surface area contributed by atoms with Crippen LogP contribution in [0.25, 0.3) is 0 Å². The molecule has 0 saturated carbocycles. The first-order valence-electron chi connectivity index (χ1n) is 6.44. The standard InChI is InChI=1S/C15H13FN2O2S/c16-10-1-3-11(4-2-10)17-15(21)18-12-5-6-13-14(9-12)20-8-7-19-13/h1-6,9H,7-8H2,(H2,17,18,21). The first-order valence-corrected chi connectivity index (χ1v) is 6.85. The van der Waals surface area contributed by atoms with Gasteiger partial charge in [-0.3, -0.25) is 0 Å². The highest BCUT2D eigenvalue weighted by atomic mass is 32.1. The molecule has 6 heteroatoms. The molecule has 108 valence electrons. The van der Waals surface area contributed by atoms with Crippen LogP contribution in [0.15, 0.2) is 42.5 Å².